The van der Waals surface area contributed by atoms with Crippen LogP contribution >= 0.6 is 24.8 Å². The van der Waals surface area contributed by atoms with E-state index in [9.17, 15) is 18.0 Å². The number of carbonyl (C=O) groups excluding carboxylic acids is 1. The van der Waals surface area contributed by atoms with Crippen LogP contribution < -0.4 is 10.6 Å². The predicted molar refractivity (Wildman–Crippen MR) is 81.3 cm³/mol. The summed E-state index contributed by atoms with van der Waals surface area (Å²) >= 11 is 0. The predicted octanol–water partition coefficient (Wildman–Crippen LogP) is 1.83. The number of carbonyl (C=O) groups is 1. The highest BCUT2D eigenvalue weighted by molar-refractivity contribution is 5.85. The molecule has 0 aliphatic carbocycles. The number of amides is 1. The number of rotatable bonds is 6. The fourth-order valence-corrected chi connectivity index (χ4v) is 2.17. The Morgan fingerprint density at radius 3 is 2.57 bits per heavy atom. The van der Waals surface area contributed by atoms with Gasteiger partial charge in [0.05, 0.1) is 12.5 Å². The van der Waals surface area contributed by atoms with Gasteiger partial charge in [0.1, 0.15) is 0 Å². The number of alkyl halides is 3. The molecule has 0 bridgehead atoms. The second-order valence-corrected chi connectivity index (χ2v) is 5.04. The third-order valence-electron chi connectivity index (χ3n) is 3.13. The number of halogens is 5. The molecule has 21 heavy (non-hydrogen) atoms. The van der Waals surface area contributed by atoms with Gasteiger partial charge in [-0.05, 0) is 39.4 Å². The van der Waals surface area contributed by atoms with E-state index in [1.165, 1.54) is 11.9 Å². The first kappa shape index (κ1) is 23.0. The van der Waals surface area contributed by atoms with E-state index in [2.05, 4.69) is 10.6 Å². The summed E-state index contributed by atoms with van der Waals surface area (Å²) in [7, 11) is 1.43. The molecule has 1 aliphatic rings. The van der Waals surface area contributed by atoms with E-state index in [1.807, 2.05) is 0 Å². The summed E-state index contributed by atoms with van der Waals surface area (Å²) < 4.78 is 36.2. The lowest BCUT2D eigenvalue weighted by molar-refractivity contribution is -0.143. The molecule has 9 heteroatoms. The van der Waals surface area contributed by atoms with Gasteiger partial charge >= 0.3 is 6.18 Å². The summed E-state index contributed by atoms with van der Waals surface area (Å²) in [6, 6.07) is 0. The molecule has 0 aromatic heterocycles. The van der Waals surface area contributed by atoms with Crippen molar-refractivity contribution in [1.29, 1.82) is 0 Å². The van der Waals surface area contributed by atoms with Gasteiger partial charge < -0.3 is 10.6 Å². The fourth-order valence-electron chi connectivity index (χ4n) is 2.17. The third kappa shape index (κ3) is 11.0. The Morgan fingerprint density at radius 1 is 1.38 bits per heavy atom. The summed E-state index contributed by atoms with van der Waals surface area (Å²) in [4.78, 5) is 12.9. The van der Waals surface area contributed by atoms with Crippen molar-refractivity contribution in [3.8, 4) is 0 Å². The summed E-state index contributed by atoms with van der Waals surface area (Å²) in [6.07, 6.45) is -1.76. The van der Waals surface area contributed by atoms with Gasteiger partial charge in [-0.1, -0.05) is 0 Å². The van der Waals surface area contributed by atoms with Crippen LogP contribution in [0.5, 0.6) is 0 Å². The highest BCUT2D eigenvalue weighted by Gasteiger charge is 2.28. The van der Waals surface area contributed by atoms with E-state index < -0.39 is 12.7 Å². The summed E-state index contributed by atoms with van der Waals surface area (Å²) in [6.45, 7) is 1.49. The third-order valence-corrected chi connectivity index (χ3v) is 3.13. The van der Waals surface area contributed by atoms with E-state index in [-0.39, 0.29) is 36.6 Å². The van der Waals surface area contributed by atoms with Crippen LogP contribution in [0.15, 0.2) is 0 Å². The van der Waals surface area contributed by atoms with Gasteiger partial charge in [-0.3, -0.25) is 9.69 Å². The smallest absolute Gasteiger partial charge is 0.356 e. The van der Waals surface area contributed by atoms with Gasteiger partial charge in [0.15, 0.2) is 0 Å². The highest BCUT2D eigenvalue weighted by Crippen LogP contribution is 2.15. The van der Waals surface area contributed by atoms with Gasteiger partial charge in [0.25, 0.3) is 0 Å². The van der Waals surface area contributed by atoms with Crippen LogP contribution in [-0.4, -0.2) is 56.8 Å². The standard InChI is InChI=1S/C12H22F3N3O.2ClH/c1-18(9-12(13,14)15)7-3-6-17-11(19)10-4-2-5-16-8-10;;/h10,16H,2-9H2,1H3,(H,17,19);2*1H. The van der Waals surface area contributed by atoms with Crippen molar-refractivity contribution >= 4 is 30.7 Å². The topological polar surface area (TPSA) is 44.4 Å². The molecule has 0 saturated carbocycles. The highest BCUT2D eigenvalue weighted by atomic mass is 35.5. The molecule has 0 aromatic carbocycles. The van der Waals surface area contributed by atoms with Crippen molar-refractivity contribution in [2.24, 2.45) is 5.92 Å². The fraction of sp³-hybridized carbons (Fsp3) is 0.917. The van der Waals surface area contributed by atoms with Crippen molar-refractivity contribution in [2.75, 3.05) is 39.8 Å². The average Bonchev–Trinajstić information content (AvgIpc) is 2.33. The van der Waals surface area contributed by atoms with Crippen molar-refractivity contribution in [3.63, 3.8) is 0 Å². The van der Waals surface area contributed by atoms with Crippen LogP contribution in [0.1, 0.15) is 19.3 Å². The number of hydrogen-bond acceptors (Lipinski definition) is 3. The number of piperidine rings is 1. The summed E-state index contributed by atoms with van der Waals surface area (Å²) in [5.41, 5.74) is 0. The van der Waals surface area contributed by atoms with E-state index in [0.29, 0.717) is 26.1 Å². The zero-order chi connectivity index (χ0) is 14.3. The Hall–Kier alpha value is -0.240. The van der Waals surface area contributed by atoms with Gasteiger partial charge in [0, 0.05) is 13.1 Å². The van der Waals surface area contributed by atoms with Crippen LogP contribution in [0.2, 0.25) is 0 Å². The second kappa shape index (κ2) is 11.3. The molecule has 1 rings (SSSR count). The lowest BCUT2D eigenvalue weighted by Crippen LogP contribution is -2.41. The molecular weight excluding hydrogens is 330 g/mol. The monoisotopic (exact) mass is 353 g/mol. The van der Waals surface area contributed by atoms with Crippen molar-refractivity contribution in [1.82, 2.24) is 15.5 Å². The maximum absolute atomic E-state index is 12.1. The number of nitrogens with zero attached hydrogens (tertiary/aromatic N) is 1. The molecule has 1 amide bonds. The first-order valence-corrected chi connectivity index (χ1v) is 6.62. The van der Waals surface area contributed by atoms with Gasteiger partial charge in [-0.15, -0.1) is 24.8 Å². The average molecular weight is 354 g/mol. The molecule has 0 spiro atoms. The van der Waals surface area contributed by atoms with Crippen LogP contribution in [0, 0.1) is 5.92 Å². The maximum Gasteiger partial charge on any atom is 0.401 e. The molecule has 0 aromatic rings. The normalized spacial score (nSPS) is 18.6. The van der Waals surface area contributed by atoms with E-state index in [0.717, 1.165) is 19.4 Å². The molecule has 1 saturated heterocycles. The van der Waals surface area contributed by atoms with E-state index in [1.54, 1.807) is 0 Å². The Kier molecular flexibility index (Phi) is 12.4. The lowest BCUT2D eigenvalue weighted by Gasteiger charge is -2.22. The quantitative estimate of drug-likeness (QED) is 0.716. The van der Waals surface area contributed by atoms with Crippen LogP contribution in [0.4, 0.5) is 13.2 Å². The van der Waals surface area contributed by atoms with Crippen molar-refractivity contribution in [3.05, 3.63) is 0 Å². The molecule has 1 unspecified atom stereocenters. The van der Waals surface area contributed by atoms with Gasteiger partial charge in [-0.25, -0.2) is 0 Å². The lowest BCUT2D eigenvalue weighted by atomic mass is 9.99. The molecule has 1 heterocycles. The summed E-state index contributed by atoms with van der Waals surface area (Å²) in [5.74, 6) is 0.00679. The molecule has 128 valence electrons. The van der Waals surface area contributed by atoms with Crippen LogP contribution in [0.3, 0.4) is 0 Å². The minimum atomic E-state index is -4.16. The SMILES string of the molecule is CN(CCCNC(=O)C1CCCNC1)CC(F)(F)F.Cl.Cl. The Balaban J connectivity index is 0. The Morgan fingerprint density at radius 2 is 2.05 bits per heavy atom. The first-order valence-electron chi connectivity index (χ1n) is 6.62. The van der Waals surface area contributed by atoms with Crippen molar-refractivity contribution in [2.45, 2.75) is 25.4 Å². The molecule has 1 atom stereocenters. The van der Waals surface area contributed by atoms with Gasteiger partial charge in [-0.2, -0.15) is 13.2 Å². The molecule has 0 radical (unpaired) electrons. The zero-order valence-electron chi connectivity index (χ0n) is 12.0. The largest absolute Gasteiger partial charge is 0.401 e. The Bertz CT molecular complexity index is 287. The number of hydrogen-bond donors (Lipinski definition) is 2. The second-order valence-electron chi connectivity index (χ2n) is 5.04. The minimum Gasteiger partial charge on any atom is -0.356 e. The van der Waals surface area contributed by atoms with Crippen LogP contribution in [-0.2, 0) is 4.79 Å². The van der Waals surface area contributed by atoms with E-state index >= 15 is 0 Å². The maximum atomic E-state index is 12.1. The van der Waals surface area contributed by atoms with Gasteiger partial charge in [0.2, 0.25) is 5.91 Å². The summed E-state index contributed by atoms with van der Waals surface area (Å²) in [5, 5.41) is 5.94. The minimum absolute atomic E-state index is 0. The van der Waals surface area contributed by atoms with E-state index in [4.69, 9.17) is 0 Å². The molecule has 1 aliphatic heterocycles. The molecular formula is C12H24Cl2F3N3O. The zero-order valence-corrected chi connectivity index (χ0v) is 13.7. The molecule has 4 nitrogen and oxygen atoms in total. The molecule has 2 N–H and O–H groups in total. The van der Waals surface area contributed by atoms with Crippen LogP contribution in [0.25, 0.3) is 0 Å². The number of nitrogens with one attached hydrogen (secondary N) is 2. The Labute approximate surface area is 136 Å². The molecule has 1 fully saturated rings. The first-order chi connectivity index (χ1) is 8.88. The van der Waals surface area contributed by atoms with Crippen molar-refractivity contribution < 1.29 is 18.0 Å².